The summed E-state index contributed by atoms with van der Waals surface area (Å²) in [6.07, 6.45) is 1.22. The molecule has 6 rings (SSSR count). The van der Waals surface area contributed by atoms with E-state index < -0.39 is 0 Å². The Morgan fingerprint density at radius 3 is 2.67 bits per heavy atom. The molecule has 0 spiro atoms. The van der Waals surface area contributed by atoms with E-state index in [2.05, 4.69) is 10.6 Å². The zero-order valence-electron chi connectivity index (χ0n) is 19.7. The highest BCUT2D eigenvalue weighted by molar-refractivity contribution is 6.30. The van der Waals surface area contributed by atoms with Crippen molar-refractivity contribution in [3.05, 3.63) is 77.6 Å². The molecule has 0 radical (unpaired) electrons. The predicted molar refractivity (Wildman–Crippen MR) is 138 cm³/mol. The van der Waals surface area contributed by atoms with E-state index in [0.29, 0.717) is 43.6 Å². The number of imidazole rings is 1. The van der Waals surface area contributed by atoms with Gasteiger partial charge in [0, 0.05) is 42.2 Å². The number of halogens is 1. The van der Waals surface area contributed by atoms with Crippen LogP contribution < -0.4 is 19.1 Å². The van der Waals surface area contributed by atoms with Crippen LogP contribution in [-0.4, -0.2) is 41.8 Å². The molecule has 0 bridgehead atoms. The van der Waals surface area contributed by atoms with Crippen molar-refractivity contribution >= 4 is 34.2 Å². The quantitative estimate of drug-likeness (QED) is 0.314. The molecule has 4 aromatic rings. The van der Waals surface area contributed by atoms with Crippen LogP contribution in [0.15, 0.2) is 66.7 Å². The lowest BCUT2D eigenvalue weighted by molar-refractivity contribution is -0.117. The first-order chi connectivity index (χ1) is 17.7. The molecule has 1 atom stereocenters. The number of aromatic nitrogens is 2. The summed E-state index contributed by atoms with van der Waals surface area (Å²) in [6.45, 7) is 2.94. The topological polar surface area (TPSA) is 65.8 Å². The highest BCUT2D eigenvalue weighted by Gasteiger charge is 2.35. The standard InChI is InChI=1S/C28H26ClN3O4/c29-20-6-9-22(10-7-20)34-13-3-12-31-24-5-2-1-4-23(24)30-28(31)19-16-27(33)32(18-19)21-8-11-25-26(17-21)36-15-14-35-25/h1-2,4-11,17,19H,3,12-16,18H2. The van der Waals surface area contributed by atoms with Gasteiger partial charge < -0.3 is 23.7 Å². The monoisotopic (exact) mass is 503 g/mol. The number of hydrogen-bond donors (Lipinski definition) is 0. The highest BCUT2D eigenvalue weighted by Crippen LogP contribution is 2.38. The minimum atomic E-state index is -0.00437. The molecule has 1 amide bonds. The predicted octanol–water partition coefficient (Wildman–Crippen LogP) is 5.45. The van der Waals surface area contributed by atoms with Crippen LogP contribution in [0.1, 0.15) is 24.6 Å². The molecule has 184 valence electrons. The van der Waals surface area contributed by atoms with Gasteiger partial charge in [-0.05, 0) is 55.0 Å². The van der Waals surface area contributed by atoms with Gasteiger partial charge in [-0.2, -0.15) is 0 Å². The van der Waals surface area contributed by atoms with Gasteiger partial charge in [0.2, 0.25) is 5.91 Å². The maximum atomic E-state index is 13.1. The second-order valence-electron chi connectivity index (χ2n) is 9.00. The lowest BCUT2D eigenvalue weighted by Gasteiger charge is -2.22. The van der Waals surface area contributed by atoms with Crippen molar-refractivity contribution in [2.75, 3.05) is 31.3 Å². The number of anilines is 1. The molecule has 0 aliphatic carbocycles. The third kappa shape index (κ3) is 4.46. The molecule has 3 heterocycles. The third-order valence-corrected chi connectivity index (χ3v) is 6.87. The number of nitrogens with zero attached hydrogens (tertiary/aromatic N) is 3. The van der Waals surface area contributed by atoms with Gasteiger partial charge in [-0.15, -0.1) is 0 Å². The van der Waals surface area contributed by atoms with Gasteiger partial charge >= 0.3 is 0 Å². The minimum Gasteiger partial charge on any atom is -0.494 e. The number of rotatable bonds is 7. The van der Waals surface area contributed by atoms with E-state index in [1.807, 2.05) is 65.6 Å². The average Bonchev–Trinajstić information content (AvgIpc) is 3.48. The van der Waals surface area contributed by atoms with Crippen LogP contribution in [0.5, 0.6) is 17.2 Å². The van der Waals surface area contributed by atoms with Crippen molar-refractivity contribution in [3.63, 3.8) is 0 Å². The van der Waals surface area contributed by atoms with E-state index >= 15 is 0 Å². The largest absolute Gasteiger partial charge is 0.494 e. The molecule has 1 fully saturated rings. The van der Waals surface area contributed by atoms with E-state index in [9.17, 15) is 4.79 Å². The van der Waals surface area contributed by atoms with Crippen molar-refractivity contribution < 1.29 is 19.0 Å². The Labute approximate surface area is 214 Å². The number of para-hydroxylation sites is 2. The number of ether oxygens (including phenoxy) is 3. The summed E-state index contributed by atoms with van der Waals surface area (Å²) in [7, 11) is 0. The maximum absolute atomic E-state index is 13.1. The zero-order chi connectivity index (χ0) is 24.5. The Morgan fingerprint density at radius 1 is 1.00 bits per heavy atom. The van der Waals surface area contributed by atoms with Gasteiger partial charge in [-0.3, -0.25) is 4.79 Å². The van der Waals surface area contributed by atoms with Crippen LogP contribution in [0.4, 0.5) is 5.69 Å². The first kappa shape index (κ1) is 22.7. The SMILES string of the molecule is O=C1CC(c2nc3ccccc3n2CCCOc2ccc(Cl)cc2)CN1c1ccc2c(c1)OCCO2. The summed E-state index contributed by atoms with van der Waals surface area (Å²) >= 11 is 5.96. The summed E-state index contributed by atoms with van der Waals surface area (Å²) in [5, 5.41) is 0.688. The molecule has 0 saturated carbocycles. The summed E-state index contributed by atoms with van der Waals surface area (Å²) in [5.74, 6) is 3.22. The summed E-state index contributed by atoms with van der Waals surface area (Å²) < 4.78 is 19.5. The van der Waals surface area contributed by atoms with Gasteiger partial charge in [0.05, 0.1) is 17.6 Å². The van der Waals surface area contributed by atoms with Gasteiger partial charge in [0.25, 0.3) is 0 Å². The van der Waals surface area contributed by atoms with E-state index in [1.165, 1.54) is 0 Å². The third-order valence-electron chi connectivity index (χ3n) is 6.62. The molecule has 1 saturated heterocycles. The second kappa shape index (κ2) is 9.74. The molecule has 1 unspecified atom stereocenters. The summed E-state index contributed by atoms with van der Waals surface area (Å²) in [5.41, 5.74) is 2.84. The Bertz CT molecular complexity index is 1400. The number of aryl methyl sites for hydroxylation is 1. The number of carbonyl (C=O) groups excluding carboxylic acids is 1. The van der Waals surface area contributed by atoms with Crippen molar-refractivity contribution in [2.24, 2.45) is 0 Å². The second-order valence-corrected chi connectivity index (χ2v) is 9.44. The molecular weight excluding hydrogens is 478 g/mol. The van der Waals surface area contributed by atoms with Crippen molar-refractivity contribution in [2.45, 2.75) is 25.3 Å². The molecule has 2 aliphatic rings. The van der Waals surface area contributed by atoms with Gasteiger partial charge in [0.15, 0.2) is 11.5 Å². The Balaban J connectivity index is 1.20. The zero-order valence-corrected chi connectivity index (χ0v) is 20.5. The van der Waals surface area contributed by atoms with E-state index in [0.717, 1.165) is 47.0 Å². The number of amides is 1. The molecule has 7 nitrogen and oxygen atoms in total. The van der Waals surface area contributed by atoms with E-state index in [1.54, 1.807) is 0 Å². The first-order valence-corrected chi connectivity index (χ1v) is 12.6. The van der Waals surface area contributed by atoms with Crippen LogP contribution in [-0.2, 0) is 11.3 Å². The van der Waals surface area contributed by atoms with Crippen LogP contribution in [0.2, 0.25) is 5.02 Å². The summed E-state index contributed by atoms with van der Waals surface area (Å²) in [4.78, 5) is 19.9. The molecule has 36 heavy (non-hydrogen) atoms. The van der Waals surface area contributed by atoms with Crippen LogP contribution >= 0.6 is 11.6 Å². The normalized spacial score (nSPS) is 17.1. The fraction of sp³-hybridized carbons (Fsp3) is 0.286. The highest BCUT2D eigenvalue weighted by atomic mass is 35.5. The lowest BCUT2D eigenvalue weighted by atomic mass is 10.1. The van der Waals surface area contributed by atoms with Crippen LogP contribution in [0, 0.1) is 0 Å². The smallest absolute Gasteiger partial charge is 0.227 e. The minimum absolute atomic E-state index is 0.00437. The van der Waals surface area contributed by atoms with Crippen LogP contribution in [0.25, 0.3) is 11.0 Å². The van der Waals surface area contributed by atoms with Crippen molar-refractivity contribution in [1.29, 1.82) is 0 Å². The Kier molecular flexibility index (Phi) is 6.15. The van der Waals surface area contributed by atoms with Gasteiger partial charge in [-0.25, -0.2) is 4.98 Å². The number of hydrogen-bond acceptors (Lipinski definition) is 5. The number of carbonyl (C=O) groups is 1. The van der Waals surface area contributed by atoms with E-state index in [-0.39, 0.29) is 11.8 Å². The fourth-order valence-electron chi connectivity index (χ4n) is 4.91. The van der Waals surface area contributed by atoms with Crippen LogP contribution in [0.3, 0.4) is 0 Å². The number of fused-ring (bicyclic) bond motifs is 2. The van der Waals surface area contributed by atoms with Gasteiger partial charge in [0.1, 0.15) is 24.8 Å². The summed E-state index contributed by atoms with van der Waals surface area (Å²) in [6, 6.07) is 21.2. The van der Waals surface area contributed by atoms with Gasteiger partial charge in [-0.1, -0.05) is 23.7 Å². The van der Waals surface area contributed by atoms with Crippen molar-refractivity contribution in [3.8, 4) is 17.2 Å². The fourth-order valence-corrected chi connectivity index (χ4v) is 5.04. The molecule has 1 aromatic heterocycles. The number of benzene rings is 3. The van der Waals surface area contributed by atoms with Crippen molar-refractivity contribution in [1.82, 2.24) is 9.55 Å². The molecule has 3 aromatic carbocycles. The molecule has 8 heteroatoms. The molecular formula is C28H26ClN3O4. The maximum Gasteiger partial charge on any atom is 0.227 e. The van der Waals surface area contributed by atoms with E-state index in [4.69, 9.17) is 30.8 Å². The Morgan fingerprint density at radius 2 is 1.81 bits per heavy atom. The lowest BCUT2D eigenvalue weighted by Crippen LogP contribution is -2.25. The first-order valence-electron chi connectivity index (χ1n) is 12.2. The molecule has 2 aliphatic heterocycles. The average molecular weight is 504 g/mol. The molecule has 0 N–H and O–H groups in total. The Hall–Kier alpha value is -3.71.